The minimum absolute atomic E-state index is 0.123. The molecule has 2 aromatic heterocycles. The van der Waals surface area contributed by atoms with Gasteiger partial charge in [0, 0.05) is 121 Å². The molecule has 4 N–H and O–H groups in total. The zero-order valence-electron chi connectivity index (χ0n) is 44.3. The van der Waals surface area contributed by atoms with Crippen LogP contribution in [0.3, 0.4) is 0 Å². The van der Waals surface area contributed by atoms with Crippen molar-refractivity contribution in [3.05, 3.63) is 183 Å². The highest BCUT2D eigenvalue weighted by atomic mass is 32.1. The fourth-order valence-corrected chi connectivity index (χ4v) is 10.4. The van der Waals surface area contributed by atoms with E-state index < -0.39 is 11.7 Å². The second kappa shape index (κ2) is 25.3. The van der Waals surface area contributed by atoms with Crippen LogP contribution in [0, 0.1) is 13.8 Å². The summed E-state index contributed by atoms with van der Waals surface area (Å²) >= 11 is 2.84. The second-order valence-electron chi connectivity index (χ2n) is 19.7. The summed E-state index contributed by atoms with van der Waals surface area (Å²) < 4.78 is 44.6. The maximum absolute atomic E-state index is 13.1. The molecule has 0 unspecified atom stereocenters. The molecule has 0 bridgehead atoms. The Hall–Kier alpha value is -7.45. The molecule has 10 rings (SSSR count). The number of likely N-dealkylation sites (N-methyl/N-ethyl adjacent to an activating group) is 2. The lowest BCUT2D eigenvalue weighted by atomic mass is 10.1. The first-order valence-electron chi connectivity index (χ1n) is 25.7. The molecule has 2 fully saturated rings. The molecule has 2 aliphatic rings. The predicted molar refractivity (Wildman–Crippen MR) is 310 cm³/mol. The number of piperazine rings is 2. The van der Waals surface area contributed by atoms with Gasteiger partial charge in [-0.2, -0.15) is 13.2 Å². The Kier molecular flexibility index (Phi) is 18.0. The number of hydrogen-bond donors (Lipinski definition) is 4. The lowest BCUT2D eigenvalue weighted by Crippen LogP contribution is -2.43. The van der Waals surface area contributed by atoms with Crippen molar-refractivity contribution in [3.63, 3.8) is 0 Å². The van der Waals surface area contributed by atoms with Gasteiger partial charge in [-0.15, -0.1) is 22.7 Å². The van der Waals surface area contributed by atoms with Gasteiger partial charge in [-0.25, -0.2) is 9.97 Å². The summed E-state index contributed by atoms with van der Waals surface area (Å²) in [5.74, 6) is 0.488. The number of carbonyl (C=O) groups excluding carboxylic acids is 2. The summed E-state index contributed by atoms with van der Waals surface area (Å²) in [6.07, 6.45) is -4.41. The average Bonchev–Trinajstić information content (AvgIpc) is 4.17. The molecule has 2 saturated heterocycles. The van der Waals surface area contributed by atoms with E-state index in [9.17, 15) is 22.8 Å². The van der Waals surface area contributed by atoms with Crippen molar-refractivity contribution in [1.82, 2.24) is 29.6 Å². The van der Waals surface area contributed by atoms with Crippen LogP contribution in [-0.2, 0) is 19.3 Å². The number of rotatable bonds is 15. The van der Waals surface area contributed by atoms with E-state index in [-0.39, 0.29) is 11.8 Å². The Bertz CT molecular complexity index is 3300. The monoisotopic (exact) mass is 1090 g/mol. The van der Waals surface area contributed by atoms with E-state index in [1.165, 1.54) is 28.5 Å². The number of nitrogens with one attached hydrogen (secondary N) is 4. The van der Waals surface area contributed by atoms with Crippen molar-refractivity contribution in [2.45, 2.75) is 33.1 Å². The molecule has 8 aromatic rings. The fraction of sp³-hybridized carbons (Fsp3) is 0.267. The zero-order valence-corrected chi connectivity index (χ0v) is 45.9. The number of anilines is 6. The molecule has 0 aliphatic carbocycles. The van der Waals surface area contributed by atoms with Gasteiger partial charge in [-0.3, -0.25) is 19.4 Å². The van der Waals surface area contributed by atoms with E-state index in [4.69, 9.17) is 9.72 Å². The molecular weight excluding hydrogens is 1030 g/mol. The number of nitrogens with zero attached hydrogens (tertiary/aromatic N) is 6. The third kappa shape index (κ3) is 15.0. The van der Waals surface area contributed by atoms with E-state index in [2.05, 4.69) is 72.1 Å². The molecular formula is C60H63F3N10O3S2. The van der Waals surface area contributed by atoms with Crippen LogP contribution in [0.2, 0.25) is 0 Å². The van der Waals surface area contributed by atoms with Crippen LogP contribution in [0.4, 0.5) is 46.2 Å². The second-order valence-corrected chi connectivity index (χ2v) is 21.4. The summed E-state index contributed by atoms with van der Waals surface area (Å²) in [7, 11) is 5.96. The highest BCUT2D eigenvalue weighted by Gasteiger charge is 2.30. The lowest BCUT2D eigenvalue weighted by molar-refractivity contribution is -0.137. The molecule has 404 valence electrons. The molecule has 78 heavy (non-hydrogen) atoms. The van der Waals surface area contributed by atoms with Gasteiger partial charge in [0.15, 0.2) is 10.3 Å². The van der Waals surface area contributed by atoms with Crippen molar-refractivity contribution < 1.29 is 27.5 Å². The lowest BCUT2D eigenvalue weighted by Gasteiger charge is -2.32. The number of methoxy groups -OCH3 is 1. The Morgan fingerprint density at radius 1 is 0.564 bits per heavy atom. The number of aromatic nitrogens is 2. The number of aryl methyl sites for hydroxylation is 2. The van der Waals surface area contributed by atoms with E-state index in [1.54, 1.807) is 29.9 Å². The first-order valence-corrected chi connectivity index (χ1v) is 27.5. The van der Waals surface area contributed by atoms with Crippen molar-refractivity contribution >= 4 is 67.5 Å². The predicted octanol–water partition coefficient (Wildman–Crippen LogP) is 12.8. The highest BCUT2D eigenvalue weighted by molar-refractivity contribution is 7.14. The van der Waals surface area contributed by atoms with Gasteiger partial charge in [0.25, 0.3) is 11.8 Å². The Morgan fingerprint density at radius 2 is 1.01 bits per heavy atom. The molecule has 18 heteroatoms. The number of carbonyl (C=O) groups is 2. The third-order valence-corrected chi connectivity index (χ3v) is 15.3. The van der Waals surface area contributed by atoms with Crippen LogP contribution in [0.5, 0.6) is 5.75 Å². The maximum Gasteiger partial charge on any atom is 0.416 e. The SMILES string of the molecule is COc1ccc(-c2csc(Nc3cc(NC(=O)c4ccc(CN5CCN(C)CC5)cc4)ccc3C)n2)cc1.Cc1ccc(NC(=O)c2ccc(CN3CCN(C)CC3)cc2)cc1Nc1nc(-c2cccc(C(F)(F)F)c2)cs1. The molecule has 0 spiro atoms. The minimum Gasteiger partial charge on any atom is -0.497 e. The van der Waals surface area contributed by atoms with Gasteiger partial charge in [0.1, 0.15) is 5.75 Å². The van der Waals surface area contributed by atoms with Gasteiger partial charge >= 0.3 is 6.18 Å². The summed E-state index contributed by atoms with van der Waals surface area (Å²) in [6.45, 7) is 14.3. The van der Waals surface area contributed by atoms with Gasteiger partial charge in [0.05, 0.1) is 24.1 Å². The normalized spacial score (nSPS) is 14.5. The highest BCUT2D eigenvalue weighted by Crippen LogP contribution is 2.35. The van der Waals surface area contributed by atoms with E-state index in [1.807, 2.05) is 116 Å². The first-order chi connectivity index (χ1) is 37.6. The molecule has 0 radical (unpaired) electrons. The Morgan fingerprint density at radius 3 is 1.45 bits per heavy atom. The standard InChI is InChI=1S/C30H30F3N5OS.C30H33N5O2S/c1-20-6-11-25(34-28(39)22-9-7-21(8-10-22)18-38-14-12-37(2)13-15-38)17-26(20)35-29-36-27(19-40-29)23-4-3-5-24(16-23)30(31,32)33;1-21-4-11-25(18-27(21)32-30-33-28(20-38-30)23-9-12-26(37-3)13-10-23)31-29(36)24-7-5-22(6-8-24)19-35-16-14-34(2)15-17-35/h3-11,16-17,19H,12-15,18H2,1-2H3,(H,34,39)(H,35,36);4-13,18,20H,14-17,19H2,1-3H3,(H,31,36)(H,32,33). The molecule has 0 saturated carbocycles. The topological polar surface area (TPSA) is 130 Å². The number of alkyl halides is 3. The molecule has 4 heterocycles. The van der Waals surface area contributed by atoms with Crippen LogP contribution in [0.25, 0.3) is 22.5 Å². The summed E-state index contributed by atoms with van der Waals surface area (Å²) in [4.78, 5) is 44.6. The third-order valence-electron chi connectivity index (χ3n) is 13.8. The van der Waals surface area contributed by atoms with Gasteiger partial charge in [-0.05, 0) is 135 Å². The van der Waals surface area contributed by atoms with Crippen LogP contribution in [0.1, 0.15) is 48.5 Å². The largest absolute Gasteiger partial charge is 0.497 e. The van der Waals surface area contributed by atoms with Crippen molar-refractivity contribution in [3.8, 4) is 28.3 Å². The van der Waals surface area contributed by atoms with Crippen molar-refractivity contribution in [2.24, 2.45) is 0 Å². The number of halogens is 3. The first kappa shape index (κ1) is 55.3. The number of hydrogen-bond acceptors (Lipinski definition) is 13. The van der Waals surface area contributed by atoms with E-state index in [0.29, 0.717) is 33.2 Å². The van der Waals surface area contributed by atoms with E-state index >= 15 is 0 Å². The average molecular weight is 1090 g/mol. The maximum atomic E-state index is 13.1. The summed E-state index contributed by atoms with van der Waals surface area (Å²) in [5, 5.41) is 17.7. The molecule has 13 nitrogen and oxygen atoms in total. The molecule has 2 aliphatic heterocycles. The fourth-order valence-electron chi connectivity index (χ4n) is 8.90. The zero-order chi connectivity index (χ0) is 54.8. The molecule has 0 atom stereocenters. The quantitative estimate of drug-likeness (QED) is 0.0783. The van der Waals surface area contributed by atoms with Crippen molar-refractivity contribution in [2.75, 3.05) is 94.8 Å². The Balaban J connectivity index is 0.000000190. The minimum atomic E-state index is -4.41. The van der Waals surface area contributed by atoms with Crippen LogP contribution in [-0.4, -0.2) is 115 Å². The van der Waals surface area contributed by atoms with Crippen LogP contribution < -0.4 is 26.0 Å². The van der Waals surface area contributed by atoms with Gasteiger partial charge in [-0.1, -0.05) is 48.5 Å². The summed E-state index contributed by atoms with van der Waals surface area (Å²) in [5.41, 5.74) is 10.7. The number of amides is 2. The van der Waals surface area contributed by atoms with Gasteiger partial charge in [0.2, 0.25) is 0 Å². The van der Waals surface area contributed by atoms with Crippen LogP contribution in [0.15, 0.2) is 144 Å². The molecule has 2 amide bonds. The molecule has 6 aromatic carbocycles. The van der Waals surface area contributed by atoms with Crippen LogP contribution >= 0.6 is 22.7 Å². The Labute approximate surface area is 461 Å². The van der Waals surface area contributed by atoms with Crippen molar-refractivity contribution in [1.29, 1.82) is 0 Å². The van der Waals surface area contributed by atoms with Gasteiger partial charge < -0.3 is 35.8 Å². The van der Waals surface area contributed by atoms with E-state index in [0.717, 1.165) is 128 Å². The smallest absolute Gasteiger partial charge is 0.416 e. The summed E-state index contributed by atoms with van der Waals surface area (Å²) in [6, 6.07) is 40.0. The number of ether oxygens (including phenoxy) is 1. The number of benzene rings is 6. The number of thiazole rings is 2.